The lowest BCUT2D eigenvalue weighted by Crippen LogP contribution is -2.32. The first-order valence-corrected chi connectivity index (χ1v) is 7.00. The summed E-state index contributed by atoms with van der Waals surface area (Å²) in [5.74, 6) is 1.84. The molecule has 0 saturated carbocycles. The molecule has 5 heteroatoms. The van der Waals surface area contributed by atoms with E-state index in [1.165, 1.54) is 0 Å². The molecule has 1 atom stereocenters. The van der Waals surface area contributed by atoms with Gasteiger partial charge in [0.25, 0.3) is 5.91 Å². The van der Waals surface area contributed by atoms with Crippen LogP contribution in [0.5, 0.6) is 11.5 Å². The Kier molecular flexibility index (Phi) is 4.91. The van der Waals surface area contributed by atoms with E-state index in [2.05, 4.69) is 5.32 Å². The molecule has 1 aromatic carbocycles. The van der Waals surface area contributed by atoms with E-state index in [0.717, 1.165) is 12.8 Å². The largest absolute Gasteiger partial charge is 0.486 e. The molecular weight excluding hydrogens is 266 g/mol. The molecule has 1 heterocycles. The summed E-state index contributed by atoms with van der Waals surface area (Å²) in [6.45, 7) is 3.04. The van der Waals surface area contributed by atoms with Crippen molar-refractivity contribution in [3.63, 3.8) is 0 Å². The molecular formula is C14H18ClNO3. The van der Waals surface area contributed by atoms with Crippen molar-refractivity contribution in [1.29, 1.82) is 0 Å². The third-order valence-electron chi connectivity index (χ3n) is 2.95. The Hall–Kier alpha value is -1.42. The summed E-state index contributed by atoms with van der Waals surface area (Å²) in [6.07, 6.45) is 1.77. The lowest BCUT2D eigenvalue weighted by Gasteiger charge is -2.19. The average Bonchev–Trinajstić information content (AvgIpc) is 2.44. The fourth-order valence-electron chi connectivity index (χ4n) is 1.95. The topological polar surface area (TPSA) is 47.6 Å². The van der Waals surface area contributed by atoms with Crippen LogP contribution in [0.2, 0.25) is 0 Å². The molecule has 4 nitrogen and oxygen atoms in total. The van der Waals surface area contributed by atoms with E-state index in [4.69, 9.17) is 21.1 Å². The summed E-state index contributed by atoms with van der Waals surface area (Å²) in [7, 11) is 0. The van der Waals surface area contributed by atoms with Gasteiger partial charge >= 0.3 is 0 Å². The van der Waals surface area contributed by atoms with E-state index < -0.39 is 0 Å². The number of carbonyl (C=O) groups excluding carboxylic acids is 1. The molecule has 104 valence electrons. The molecule has 0 fully saturated rings. The Morgan fingerprint density at radius 2 is 2.11 bits per heavy atom. The van der Waals surface area contributed by atoms with Crippen molar-refractivity contribution in [1.82, 2.24) is 5.32 Å². The van der Waals surface area contributed by atoms with Crippen LogP contribution in [0, 0.1) is 0 Å². The van der Waals surface area contributed by atoms with Crippen molar-refractivity contribution >= 4 is 17.5 Å². The molecule has 1 unspecified atom stereocenters. The molecule has 1 N–H and O–H groups in total. The highest BCUT2D eigenvalue weighted by Crippen LogP contribution is 2.30. The summed E-state index contributed by atoms with van der Waals surface area (Å²) in [4.78, 5) is 12.1. The van der Waals surface area contributed by atoms with Crippen LogP contribution in [0.25, 0.3) is 0 Å². The van der Waals surface area contributed by atoms with Crippen LogP contribution < -0.4 is 14.8 Å². The molecule has 1 aliphatic rings. The fourth-order valence-corrected chi connectivity index (χ4v) is 2.10. The Labute approximate surface area is 118 Å². The first-order valence-electron chi connectivity index (χ1n) is 6.47. The molecule has 1 aliphatic heterocycles. The van der Waals surface area contributed by atoms with Crippen molar-refractivity contribution in [3.8, 4) is 11.5 Å². The van der Waals surface area contributed by atoms with Gasteiger partial charge in [-0.05, 0) is 38.0 Å². The molecule has 19 heavy (non-hydrogen) atoms. The summed E-state index contributed by atoms with van der Waals surface area (Å²) in [5.41, 5.74) is 0.585. The number of ether oxygens (including phenoxy) is 2. The molecule has 2 rings (SSSR count). The van der Waals surface area contributed by atoms with Gasteiger partial charge in [0.15, 0.2) is 11.5 Å². The van der Waals surface area contributed by atoms with Crippen LogP contribution in [0.15, 0.2) is 18.2 Å². The third kappa shape index (κ3) is 3.77. The Morgan fingerprint density at radius 1 is 1.37 bits per heavy atom. The first-order chi connectivity index (χ1) is 9.20. The van der Waals surface area contributed by atoms with E-state index >= 15 is 0 Å². The van der Waals surface area contributed by atoms with Crippen molar-refractivity contribution in [2.24, 2.45) is 0 Å². The molecule has 0 saturated heterocycles. The summed E-state index contributed by atoms with van der Waals surface area (Å²) in [5, 5.41) is 2.94. The monoisotopic (exact) mass is 283 g/mol. The van der Waals surface area contributed by atoms with Gasteiger partial charge in [0.2, 0.25) is 0 Å². The number of halogens is 1. The SMILES string of the molecule is CC(CCCCl)NC(=O)c1ccc2c(c1)OCCO2. The lowest BCUT2D eigenvalue weighted by atomic mass is 10.1. The third-order valence-corrected chi connectivity index (χ3v) is 3.22. The zero-order chi connectivity index (χ0) is 13.7. The molecule has 1 aromatic rings. The number of nitrogens with one attached hydrogen (secondary N) is 1. The first kappa shape index (κ1) is 14.0. The van der Waals surface area contributed by atoms with Crippen LogP contribution in [-0.4, -0.2) is 31.0 Å². The maximum absolute atomic E-state index is 12.1. The van der Waals surface area contributed by atoms with Crippen LogP contribution in [0.3, 0.4) is 0 Å². The van der Waals surface area contributed by atoms with Gasteiger partial charge in [0.1, 0.15) is 13.2 Å². The second kappa shape index (κ2) is 6.66. The van der Waals surface area contributed by atoms with Crippen LogP contribution in [0.4, 0.5) is 0 Å². The summed E-state index contributed by atoms with van der Waals surface area (Å²) in [6, 6.07) is 5.35. The van der Waals surface area contributed by atoms with E-state index in [0.29, 0.717) is 36.2 Å². The van der Waals surface area contributed by atoms with Gasteiger partial charge in [-0.25, -0.2) is 0 Å². The van der Waals surface area contributed by atoms with Gasteiger partial charge in [-0.1, -0.05) is 0 Å². The highest BCUT2D eigenvalue weighted by Gasteiger charge is 2.15. The number of hydrogen-bond acceptors (Lipinski definition) is 3. The highest BCUT2D eigenvalue weighted by atomic mass is 35.5. The second-order valence-electron chi connectivity index (χ2n) is 4.56. The Balaban J connectivity index is 1.99. The number of benzene rings is 1. The number of alkyl halides is 1. The number of rotatable bonds is 5. The number of amides is 1. The molecule has 0 bridgehead atoms. The minimum Gasteiger partial charge on any atom is -0.486 e. The van der Waals surface area contributed by atoms with Crippen LogP contribution in [0.1, 0.15) is 30.1 Å². The number of hydrogen-bond donors (Lipinski definition) is 1. The van der Waals surface area contributed by atoms with Gasteiger partial charge in [0, 0.05) is 17.5 Å². The fraction of sp³-hybridized carbons (Fsp3) is 0.500. The maximum atomic E-state index is 12.1. The number of fused-ring (bicyclic) bond motifs is 1. The Bertz CT molecular complexity index is 450. The predicted octanol–water partition coefficient (Wildman–Crippen LogP) is 2.60. The van der Waals surface area contributed by atoms with Crippen LogP contribution >= 0.6 is 11.6 Å². The van der Waals surface area contributed by atoms with Gasteiger partial charge < -0.3 is 14.8 Å². The molecule has 0 radical (unpaired) electrons. The van der Waals surface area contributed by atoms with Gasteiger partial charge in [-0.3, -0.25) is 4.79 Å². The lowest BCUT2D eigenvalue weighted by molar-refractivity contribution is 0.0937. The van der Waals surface area contributed by atoms with Crippen molar-refractivity contribution in [2.75, 3.05) is 19.1 Å². The Morgan fingerprint density at radius 3 is 2.84 bits per heavy atom. The van der Waals surface area contributed by atoms with Crippen molar-refractivity contribution in [2.45, 2.75) is 25.8 Å². The highest BCUT2D eigenvalue weighted by molar-refractivity contribution is 6.17. The average molecular weight is 284 g/mol. The minimum absolute atomic E-state index is 0.0981. The minimum atomic E-state index is -0.0981. The predicted molar refractivity (Wildman–Crippen MR) is 74.3 cm³/mol. The molecule has 0 spiro atoms. The van der Waals surface area contributed by atoms with Gasteiger partial charge in [-0.15, -0.1) is 11.6 Å². The summed E-state index contributed by atoms with van der Waals surface area (Å²) >= 11 is 5.64. The molecule has 0 aromatic heterocycles. The van der Waals surface area contributed by atoms with E-state index in [-0.39, 0.29) is 11.9 Å². The zero-order valence-corrected chi connectivity index (χ0v) is 11.7. The maximum Gasteiger partial charge on any atom is 0.251 e. The quantitative estimate of drug-likeness (QED) is 0.845. The molecule has 1 amide bonds. The van der Waals surface area contributed by atoms with Gasteiger partial charge in [-0.2, -0.15) is 0 Å². The summed E-state index contributed by atoms with van der Waals surface area (Å²) < 4.78 is 10.9. The smallest absolute Gasteiger partial charge is 0.251 e. The normalized spacial score (nSPS) is 14.8. The second-order valence-corrected chi connectivity index (χ2v) is 4.94. The van der Waals surface area contributed by atoms with Crippen molar-refractivity contribution in [3.05, 3.63) is 23.8 Å². The van der Waals surface area contributed by atoms with E-state index in [9.17, 15) is 4.79 Å². The van der Waals surface area contributed by atoms with Crippen molar-refractivity contribution < 1.29 is 14.3 Å². The van der Waals surface area contributed by atoms with Crippen LogP contribution in [-0.2, 0) is 0 Å². The van der Waals surface area contributed by atoms with E-state index in [1.54, 1.807) is 18.2 Å². The van der Waals surface area contributed by atoms with E-state index in [1.807, 2.05) is 6.92 Å². The zero-order valence-electron chi connectivity index (χ0n) is 10.9. The standard InChI is InChI=1S/C14H18ClNO3/c1-10(3-2-6-15)16-14(17)11-4-5-12-13(9-11)19-8-7-18-12/h4-5,9-10H,2-3,6-8H2,1H3,(H,16,17). The number of carbonyl (C=O) groups is 1. The molecule has 0 aliphatic carbocycles. The van der Waals surface area contributed by atoms with Gasteiger partial charge in [0.05, 0.1) is 0 Å².